The van der Waals surface area contributed by atoms with Gasteiger partial charge in [-0.15, -0.1) is 11.8 Å². The van der Waals surface area contributed by atoms with E-state index in [0.29, 0.717) is 5.88 Å². The maximum atomic E-state index is 8.92. The predicted octanol–water partition coefficient (Wildman–Crippen LogP) is 3.09. The third kappa shape index (κ3) is 2.99. The second-order valence-corrected chi connectivity index (χ2v) is 4.26. The van der Waals surface area contributed by atoms with Gasteiger partial charge >= 0.3 is 0 Å². The van der Waals surface area contributed by atoms with E-state index in [4.69, 9.17) is 9.84 Å². The van der Waals surface area contributed by atoms with Gasteiger partial charge in [0.25, 0.3) is 0 Å². The van der Waals surface area contributed by atoms with Gasteiger partial charge in [0.2, 0.25) is 5.88 Å². The van der Waals surface area contributed by atoms with Crippen molar-refractivity contribution in [3.05, 3.63) is 48.2 Å². The fourth-order valence-corrected chi connectivity index (χ4v) is 1.91. The molecule has 1 heterocycles. The molecular formula is C13H13NO2S. The van der Waals surface area contributed by atoms with Gasteiger partial charge in [-0.2, -0.15) is 0 Å². The molecule has 0 atom stereocenters. The molecule has 1 aromatic heterocycles. The lowest BCUT2D eigenvalue weighted by Crippen LogP contribution is -1.91. The number of pyridine rings is 1. The van der Waals surface area contributed by atoms with E-state index in [1.165, 1.54) is 0 Å². The van der Waals surface area contributed by atoms with E-state index in [1.807, 2.05) is 30.5 Å². The third-order valence-electron chi connectivity index (χ3n) is 2.26. The number of thioether (sulfide) groups is 1. The van der Waals surface area contributed by atoms with Crippen molar-refractivity contribution in [3.8, 4) is 11.6 Å². The first-order valence-electron chi connectivity index (χ1n) is 5.20. The summed E-state index contributed by atoms with van der Waals surface area (Å²) in [4.78, 5) is 5.20. The summed E-state index contributed by atoms with van der Waals surface area (Å²) >= 11 is 1.63. The standard InChI is InChI=1S/C13H13NO2S/c1-17-12-5-3-2-4-11(12)16-13-7-6-10(9-15)8-14-13/h2-8,15H,9H2,1H3. The van der Waals surface area contributed by atoms with Crippen molar-refractivity contribution >= 4 is 11.8 Å². The molecule has 0 fully saturated rings. The van der Waals surface area contributed by atoms with Crippen molar-refractivity contribution in [2.75, 3.05) is 6.26 Å². The van der Waals surface area contributed by atoms with E-state index in [1.54, 1.807) is 30.1 Å². The topological polar surface area (TPSA) is 42.4 Å². The summed E-state index contributed by atoms with van der Waals surface area (Å²) in [5.74, 6) is 1.33. The van der Waals surface area contributed by atoms with E-state index in [-0.39, 0.29) is 6.61 Å². The Morgan fingerprint density at radius 3 is 2.71 bits per heavy atom. The fraction of sp³-hybridized carbons (Fsp3) is 0.154. The summed E-state index contributed by atoms with van der Waals surface area (Å²) in [7, 11) is 0. The number of aromatic nitrogens is 1. The number of rotatable bonds is 4. The van der Waals surface area contributed by atoms with E-state index in [0.717, 1.165) is 16.2 Å². The molecular weight excluding hydrogens is 234 g/mol. The van der Waals surface area contributed by atoms with Gasteiger partial charge < -0.3 is 9.84 Å². The number of ether oxygens (including phenoxy) is 1. The molecule has 1 N–H and O–H groups in total. The number of hydrogen-bond acceptors (Lipinski definition) is 4. The monoisotopic (exact) mass is 247 g/mol. The van der Waals surface area contributed by atoms with Crippen LogP contribution in [0.4, 0.5) is 0 Å². The molecule has 3 nitrogen and oxygen atoms in total. The molecule has 0 unspecified atom stereocenters. The fourth-order valence-electron chi connectivity index (χ4n) is 1.38. The quantitative estimate of drug-likeness (QED) is 0.843. The Morgan fingerprint density at radius 2 is 2.06 bits per heavy atom. The van der Waals surface area contributed by atoms with Crippen LogP contribution in [0.1, 0.15) is 5.56 Å². The van der Waals surface area contributed by atoms with Crippen LogP contribution in [0.15, 0.2) is 47.5 Å². The Morgan fingerprint density at radius 1 is 1.24 bits per heavy atom. The molecule has 0 spiro atoms. The van der Waals surface area contributed by atoms with Crippen LogP contribution in [0.25, 0.3) is 0 Å². The van der Waals surface area contributed by atoms with Gasteiger partial charge in [0.1, 0.15) is 5.75 Å². The van der Waals surface area contributed by atoms with E-state index < -0.39 is 0 Å². The number of para-hydroxylation sites is 1. The normalized spacial score (nSPS) is 10.2. The molecule has 0 bridgehead atoms. The van der Waals surface area contributed by atoms with Gasteiger partial charge in [-0.3, -0.25) is 0 Å². The van der Waals surface area contributed by atoms with Crippen molar-refractivity contribution in [2.24, 2.45) is 0 Å². The molecule has 2 aromatic rings. The molecule has 0 radical (unpaired) electrons. The van der Waals surface area contributed by atoms with Crippen LogP contribution in [0.5, 0.6) is 11.6 Å². The summed E-state index contributed by atoms with van der Waals surface area (Å²) in [5.41, 5.74) is 0.774. The number of nitrogens with zero attached hydrogens (tertiary/aromatic N) is 1. The van der Waals surface area contributed by atoms with Crippen LogP contribution in [0.3, 0.4) is 0 Å². The molecule has 0 amide bonds. The van der Waals surface area contributed by atoms with Crippen LogP contribution in [0.2, 0.25) is 0 Å². The van der Waals surface area contributed by atoms with Crippen LogP contribution in [0, 0.1) is 0 Å². The minimum absolute atomic E-state index is 0.00528. The lowest BCUT2D eigenvalue weighted by Gasteiger charge is -2.08. The van der Waals surface area contributed by atoms with Gasteiger partial charge in [0, 0.05) is 17.2 Å². The number of aliphatic hydroxyl groups excluding tert-OH is 1. The third-order valence-corrected chi connectivity index (χ3v) is 3.04. The highest BCUT2D eigenvalue weighted by atomic mass is 32.2. The highest BCUT2D eigenvalue weighted by Gasteiger charge is 2.03. The maximum Gasteiger partial charge on any atom is 0.219 e. The second-order valence-electron chi connectivity index (χ2n) is 3.42. The Kier molecular flexibility index (Phi) is 4.01. The largest absolute Gasteiger partial charge is 0.438 e. The van der Waals surface area contributed by atoms with Crippen LogP contribution in [-0.2, 0) is 6.61 Å². The summed E-state index contributed by atoms with van der Waals surface area (Å²) in [5, 5.41) is 8.92. The average Bonchev–Trinajstić information content (AvgIpc) is 2.40. The van der Waals surface area contributed by atoms with Crippen molar-refractivity contribution in [1.29, 1.82) is 0 Å². The minimum Gasteiger partial charge on any atom is -0.438 e. The van der Waals surface area contributed by atoms with Crippen LogP contribution in [-0.4, -0.2) is 16.3 Å². The first-order valence-corrected chi connectivity index (χ1v) is 6.42. The van der Waals surface area contributed by atoms with Gasteiger partial charge in [0.05, 0.1) is 6.61 Å². The van der Waals surface area contributed by atoms with Crippen LogP contribution >= 0.6 is 11.8 Å². The lowest BCUT2D eigenvalue weighted by molar-refractivity contribution is 0.281. The number of hydrogen-bond donors (Lipinski definition) is 1. The summed E-state index contributed by atoms with van der Waals surface area (Å²) < 4.78 is 5.69. The zero-order chi connectivity index (χ0) is 12.1. The predicted molar refractivity (Wildman–Crippen MR) is 68.5 cm³/mol. The Labute approximate surface area is 104 Å². The molecule has 88 valence electrons. The van der Waals surface area contributed by atoms with Gasteiger partial charge in [0.15, 0.2) is 0 Å². The highest BCUT2D eigenvalue weighted by Crippen LogP contribution is 2.30. The van der Waals surface area contributed by atoms with Crippen molar-refractivity contribution < 1.29 is 9.84 Å². The molecule has 4 heteroatoms. The van der Waals surface area contributed by atoms with E-state index in [2.05, 4.69) is 4.98 Å². The van der Waals surface area contributed by atoms with E-state index in [9.17, 15) is 0 Å². The molecule has 17 heavy (non-hydrogen) atoms. The van der Waals surface area contributed by atoms with Crippen LogP contribution < -0.4 is 4.74 Å². The van der Waals surface area contributed by atoms with E-state index >= 15 is 0 Å². The summed E-state index contributed by atoms with van der Waals surface area (Å²) in [6.45, 7) is -0.00528. The number of aliphatic hydroxyl groups is 1. The SMILES string of the molecule is CSc1ccccc1Oc1ccc(CO)cn1. The first-order chi connectivity index (χ1) is 8.33. The molecule has 0 saturated carbocycles. The van der Waals surface area contributed by atoms with Crippen molar-refractivity contribution in [1.82, 2.24) is 4.98 Å². The first kappa shape index (κ1) is 12.0. The van der Waals surface area contributed by atoms with Gasteiger partial charge in [-0.05, 0) is 30.0 Å². The van der Waals surface area contributed by atoms with Crippen molar-refractivity contribution in [3.63, 3.8) is 0 Å². The summed E-state index contributed by atoms with van der Waals surface area (Å²) in [6.07, 6.45) is 3.61. The Bertz CT molecular complexity index is 485. The van der Waals surface area contributed by atoms with Gasteiger partial charge in [-0.1, -0.05) is 12.1 Å². The summed E-state index contributed by atoms with van der Waals surface area (Å²) in [6, 6.07) is 11.4. The average molecular weight is 247 g/mol. The smallest absolute Gasteiger partial charge is 0.219 e. The molecule has 0 saturated heterocycles. The van der Waals surface area contributed by atoms with Gasteiger partial charge in [-0.25, -0.2) is 4.98 Å². The highest BCUT2D eigenvalue weighted by molar-refractivity contribution is 7.98. The maximum absolute atomic E-state index is 8.92. The van der Waals surface area contributed by atoms with Crippen molar-refractivity contribution in [2.45, 2.75) is 11.5 Å². The Balaban J connectivity index is 2.19. The molecule has 2 rings (SSSR count). The minimum atomic E-state index is -0.00528. The number of benzene rings is 1. The molecule has 1 aromatic carbocycles. The zero-order valence-corrected chi connectivity index (χ0v) is 10.3. The molecule has 0 aliphatic rings. The second kappa shape index (κ2) is 5.70. The molecule has 0 aliphatic carbocycles. The Hall–Kier alpha value is -1.52. The lowest BCUT2D eigenvalue weighted by atomic mass is 10.3. The zero-order valence-electron chi connectivity index (χ0n) is 9.46. The molecule has 0 aliphatic heterocycles.